The molecule has 1 aliphatic rings. The fraction of sp³-hybridized carbons (Fsp3) is 0.458. The molecule has 0 spiro atoms. The van der Waals surface area contributed by atoms with Crippen LogP contribution in [0.2, 0.25) is 0 Å². The highest BCUT2D eigenvalue weighted by atomic mass is 19.4. The molecule has 1 fully saturated rings. The number of ether oxygens (including phenoxy) is 2. The number of nitrogens with zero attached hydrogens (tertiary/aromatic N) is 4. The van der Waals surface area contributed by atoms with Crippen LogP contribution >= 0.6 is 0 Å². The third-order valence-corrected chi connectivity index (χ3v) is 5.85. The minimum atomic E-state index is -4.57. The van der Waals surface area contributed by atoms with Gasteiger partial charge in [-0.25, -0.2) is 14.6 Å². The Balaban J connectivity index is 1.78. The molecule has 188 valence electrons. The van der Waals surface area contributed by atoms with E-state index in [-0.39, 0.29) is 24.3 Å². The van der Waals surface area contributed by atoms with E-state index in [2.05, 4.69) is 4.98 Å². The van der Waals surface area contributed by atoms with Crippen molar-refractivity contribution in [2.24, 2.45) is 0 Å². The third kappa shape index (κ3) is 4.85. The maximum atomic E-state index is 13.6. The van der Waals surface area contributed by atoms with Gasteiger partial charge in [0.15, 0.2) is 5.65 Å². The number of pyridine rings is 1. The molecule has 1 saturated heterocycles. The highest BCUT2D eigenvalue weighted by molar-refractivity contribution is 5.79. The van der Waals surface area contributed by atoms with Crippen molar-refractivity contribution in [3.63, 3.8) is 0 Å². The number of aromatic nitrogens is 3. The lowest BCUT2D eigenvalue weighted by Crippen LogP contribution is -2.36. The quantitative estimate of drug-likeness (QED) is 0.538. The number of hydrogen-bond donors (Lipinski definition) is 0. The summed E-state index contributed by atoms with van der Waals surface area (Å²) in [5.74, 6) is 0.317. The van der Waals surface area contributed by atoms with Crippen molar-refractivity contribution in [2.45, 2.75) is 51.6 Å². The maximum absolute atomic E-state index is 13.6. The first kappa shape index (κ1) is 24.6. The Morgan fingerprint density at radius 1 is 1.17 bits per heavy atom. The van der Waals surface area contributed by atoms with Gasteiger partial charge in [-0.1, -0.05) is 18.2 Å². The number of imidazole rings is 1. The van der Waals surface area contributed by atoms with Crippen molar-refractivity contribution in [3.8, 4) is 5.75 Å². The van der Waals surface area contributed by atoms with Crippen LogP contribution in [0, 0.1) is 0 Å². The number of carbonyl (C=O) groups excluding carboxylic acids is 1. The topological polar surface area (TPSA) is 78.6 Å². The summed E-state index contributed by atoms with van der Waals surface area (Å²) >= 11 is 0. The zero-order valence-corrected chi connectivity index (χ0v) is 19.9. The number of halogens is 3. The van der Waals surface area contributed by atoms with Crippen molar-refractivity contribution in [3.05, 3.63) is 58.1 Å². The van der Waals surface area contributed by atoms with Gasteiger partial charge >= 0.3 is 18.0 Å². The average molecular weight is 492 g/mol. The Morgan fingerprint density at radius 2 is 1.89 bits per heavy atom. The molecule has 0 bridgehead atoms. The molecule has 8 nitrogen and oxygen atoms in total. The molecule has 35 heavy (non-hydrogen) atoms. The Hall–Kier alpha value is -3.50. The van der Waals surface area contributed by atoms with E-state index < -0.39 is 35.2 Å². The van der Waals surface area contributed by atoms with Crippen LogP contribution in [-0.2, 0) is 17.5 Å². The fourth-order valence-corrected chi connectivity index (χ4v) is 4.36. The van der Waals surface area contributed by atoms with E-state index in [1.54, 1.807) is 26.8 Å². The number of likely N-dealkylation sites (tertiary alicyclic amines) is 1. The second kappa shape index (κ2) is 8.94. The first-order chi connectivity index (χ1) is 16.4. The Bertz CT molecular complexity index is 1310. The molecule has 1 aromatic carbocycles. The lowest BCUT2D eigenvalue weighted by atomic mass is 10.1. The van der Waals surface area contributed by atoms with Gasteiger partial charge in [0.25, 0.3) is 0 Å². The molecule has 1 amide bonds. The molecule has 0 radical (unpaired) electrons. The van der Waals surface area contributed by atoms with Gasteiger partial charge in [0, 0.05) is 25.4 Å². The van der Waals surface area contributed by atoms with Crippen LogP contribution < -0.4 is 10.4 Å². The number of methoxy groups -OCH3 is 1. The van der Waals surface area contributed by atoms with Crippen molar-refractivity contribution in [1.82, 2.24) is 19.0 Å². The van der Waals surface area contributed by atoms with Crippen molar-refractivity contribution < 1.29 is 27.4 Å². The highest BCUT2D eigenvalue weighted by Gasteiger charge is 2.35. The van der Waals surface area contributed by atoms with E-state index in [0.717, 1.165) is 6.07 Å². The van der Waals surface area contributed by atoms with Gasteiger partial charge in [-0.2, -0.15) is 13.2 Å². The van der Waals surface area contributed by atoms with Gasteiger partial charge in [0.05, 0.1) is 25.3 Å². The molecule has 11 heteroatoms. The van der Waals surface area contributed by atoms with Gasteiger partial charge in [0.2, 0.25) is 0 Å². The number of carbonyl (C=O) groups is 1. The average Bonchev–Trinajstić information content (AvgIpc) is 3.35. The van der Waals surface area contributed by atoms with E-state index in [4.69, 9.17) is 9.47 Å². The zero-order chi connectivity index (χ0) is 25.5. The molecule has 4 rings (SSSR count). The van der Waals surface area contributed by atoms with E-state index >= 15 is 0 Å². The van der Waals surface area contributed by atoms with Crippen LogP contribution in [0.3, 0.4) is 0 Å². The predicted octanol–water partition coefficient (Wildman–Crippen LogP) is 4.46. The number of hydrogen-bond acceptors (Lipinski definition) is 5. The summed E-state index contributed by atoms with van der Waals surface area (Å²) in [6.07, 6.45) is -3.11. The Kier molecular flexibility index (Phi) is 6.29. The van der Waals surface area contributed by atoms with Crippen molar-refractivity contribution in [2.75, 3.05) is 20.2 Å². The van der Waals surface area contributed by atoms with E-state index in [1.165, 1.54) is 45.5 Å². The van der Waals surface area contributed by atoms with Gasteiger partial charge in [0.1, 0.15) is 16.9 Å². The first-order valence-corrected chi connectivity index (χ1v) is 11.2. The van der Waals surface area contributed by atoms with E-state index in [1.807, 2.05) is 0 Å². The minimum Gasteiger partial charge on any atom is -0.494 e. The predicted molar refractivity (Wildman–Crippen MR) is 123 cm³/mol. The maximum Gasteiger partial charge on any atom is 0.416 e. The largest absolute Gasteiger partial charge is 0.494 e. The number of fused-ring (bicyclic) bond motifs is 1. The lowest BCUT2D eigenvalue weighted by molar-refractivity contribution is -0.138. The van der Waals surface area contributed by atoms with E-state index in [9.17, 15) is 22.8 Å². The molecule has 1 aliphatic heterocycles. The summed E-state index contributed by atoms with van der Waals surface area (Å²) in [4.78, 5) is 32.0. The second-order valence-corrected chi connectivity index (χ2v) is 9.45. The smallest absolute Gasteiger partial charge is 0.416 e. The Labute approximate surface area is 199 Å². The zero-order valence-electron chi connectivity index (χ0n) is 19.9. The molecule has 0 aliphatic carbocycles. The number of benzene rings is 1. The van der Waals surface area contributed by atoms with Gasteiger partial charge in [-0.15, -0.1) is 0 Å². The molecule has 0 saturated carbocycles. The molecule has 1 atom stereocenters. The molecule has 0 N–H and O–H groups in total. The summed E-state index contributed by atoms with van der Waals surface area (Å²) in [6.45, 7) is 5.58. The van der Waals surface area contributed by atoms with Crippen LogP contribution in [0.4, 0.5) is 18.0 Å². The van der Waals surface area contributed by atoms with Crippen LogP contribution in [-0.4, -0.2) is 50.9 Å². The SMILES string of the molecule is COc1ccnc2c1n(Cc1ccccc1C(F)(F)F)c(=O)n2[C@@H]1CCN(C(=O)OC(C)(C)C)C1. The molecule has 2 aromatic heterocycles. The summed E-state index contributed by atoms with van der Waals surface area (Å²) in [5, 5.41) is 0. The molecule has 3 heterocycles. The summed E-state index contributed by atoms with van der Waals surface area (Å²) in [6, 6.07) is 6.28. The lowest BCUT2D eigenvalue weighted by Gasteiger charge is -2.24. The monoisotopic (exact) mass is 492 g/mol. The molecule has 3 aromatic rings. The highest BCUT2D eigenvalue weighted by Crippen LogP contribution is 2.34. The normalized spacial score (nSPS) is 16.7. The van der Waals surface area contributed by atoms with Crippen LogP contribution in [0.5, 0.6) is 5.75 Å². The molecular weight excluding hydrogens is 465 g/mol. The van der Waals surface area contributed by atoms with Crippen LogP contribution in [0.15, 0.2) is 41.3 Å². The third-order valence-electron chi connectivity index (χ3n) is 5.85. The fourth-order valence-electron chi connectivity index (χ4n) is 4.36. The van der Waals surface area contributed by atoms with Gasteiger partial charge in [-0.05, 0) is 38.8 Å². The van der Waals surface area contributed by atoms with Crippen LogP contribution in [0.1, 0.15) is 44.4 Å². The summed E-state index contributed by atoms with van der Waals surface area (Å²) in [7, 11) is 1.42. The van der Waals surface area contributed by atoms with Crippen molar-refractivity contribution in [1.29, 1.82) is 0 Å². The Morgan fingerprint density at radius 3 is 2.54 bits per heavy atom. The first-order valence-electron chi connectivity index (χ1n) is 11.2. The molecular formula is C24H27F3N4O4. The van der Waals surface area contributed by atoms with Crippen molar-refractivity contribution >= 4 is 17.3 Å². The second-order valence-electron chi connectivity index (χ2n) is 9.45. The summed E-state index contributed by atoms with van der Waals surface area (Å²) in [5.41, 5.74) is -1.46. The van der Waals surface area contributed by atoms with Gasteiger partial charge < -0.3 is 14.4 Å². The van der Waals surface area contributed by atoms with Gasteiger partial charge in [-0.3, -0.25) is 9.13 Å². The summed E-state index contributed by atoms with van der Waals surface area (Å²) < 4.78 is 54.4. The molecule has 0 unspecified atom stereocenters. The minimum absolute atomic E-state index is 0.0474. The van der Waals surface area contributed by atoms with E-state index in [0.29, 0.717) is 24.2 Å². The standard InChI is InChI=1S/C24H27F3N4O4/c1-23(2,3)35-22(33)29-12-10-16(14-29)31-20-19(18(34-4)9-11-28-20)30(21(31)32)13-15-7-5-6-8-17(15)24(25,26)27/h5-9,11,16H,10,12-14H2,1-4H3/t16-/m1/s1. The van der Waals surface area contributed by atoms with Crippen LogP contribution in [0.25, 0.3) is 11.2 Å². The number of rotatable bonds is 4. The number of amides is 1. The number of alkyl halides is 3.